The van der Waals surface area contributed by atoms with Crippen molar-refractivity contribution in [2.24, 2.45) is 0 Å². The van der Waals surface area contributed by atoms with Crippen LogP contribution in [0, 0.1) is 0 Å². The summed E-state index contributed by atoms with van der Waals surface area (Å²) >= 11 is 0. The summed E-state index contributed by atoms with van der Waals surface area (Å²) in [6.45, 7) is 3.63. The lowest BCUT2D eigenvalue weighted by atomic mass is 9.79. The molecular weight excluding hydrogens is 337 g/mol. The monoisotopic (exact) mass is 358 g/mol. The van der Waals surface area contributed by atoms with Crippen molar-refractivity contribution in [2.45, 2.75) is 50.8 Å². The molecule has 0 unspecified atom stereocenters. The Kier molecular flexibility index (Phi) is 5.65. The van der Waals surface area contributed by atoms with E-state index < -0.39 is 30.1 Å². The van der Waals surface area contributed by atoms with Crippen molar-refractivity contribution in [1.82, 2.24) is 0 Å². The van der Waals surface area contributed by atoms with Gasteiger partial charge >= 0.3 is 12.1 Å². The highest BCUT2D eigenvalue weighted by molar-refractivity contribution is 5.87. The second-order valence-corrected chi connectivity index (χ2v) is 6.31. The van der Waals surface area contributed by atoms with E-state index in [2.05, 4.69) is 11.3 Å². The second kappa shape index (κ2) is 7.37. The average Bonchev–Trinajstić information content (AvgIpc) is 2.53. The minimum absolute atomic E-state index is 0.263. The van der Waals surface area contributed by atoms with Gasteiger partial charge in [0.1, 0.15) is 5.60 Å². The van der Waals surface area contributed by atoms with Crippen LogP contribution in [0.4, 0.5) is 13.2 Å². The molecule has 1 aromatic rings. The summed E-state index contributed by atoms with van der Waals surface area (Å²) in [6.07, 6.45) is -0.645. The molecule has 1 N–H and O–H groups in total. The van der Waals surface area contributed by atoms with Gasteiger partial charge in [0.25, 0.3) is 0 Å². The van der Waals surface area contributed by atoms with Crippen molar-refractivity contribution in [1.29, 1.82) is 0 Å². The minimum Gasteiger partial charge on any atom is -0.504 e. The molecule has 0 bridgehead atoms. The first-order valence-corrected chi connectivity index (χ1v) is 8.05. The molecule has 2 rings (SSSR count). The van der Waals surface area contributed by atoms with Crippen LogP contribution in [-0.4, -0.2) is 23.9 Å². The molecule has 4 nitrogen and oxygen atoms in total. The summed E-state index contributed by atoms with van der Waals surface area (Å²) in [7, 11) is 0. The van der Waals surface area contributed by atoms with Gasteiger partial charge in [0.2, 0.25) is 0 Å². The maximum absolute atomic E-state index is 12.3. The second-order valence-electron chi connectivity index (χ2n) is 6.31. The highest BCUT2D eigenvalue weighted by Crippen LogP contribution is 2.43. The van der Waals surface area contributed by atoms with Gasteiger partial charge in [-0.3, -0.25) is 0 Å². The van der Waals surface area contributed by atoms with E-state index >= 15 is 0 Å². The van der Waals surface area contributed by atoms with Crippen LogP contribution in [-0.2, 0) is 15.1 Å². The molecule has 0 aromatic heterocycles. The zero-order valence-electron chi connectivity index (χ0n) is 14.0. The largest absolute Gasteiger partial charge is 0.504 e. The van der Waals surface area contributed by atoms with Gasteiger partial charge in [-0.25, -0.2) is 4.79 Å². The third kappa shape index (κ3) is 4.90. The molecule has 7 heteroatoms. The van der Waals surface area contributed by atoms with Crippen molar-refractivity contribution in [3.05, 3.63) is 35.9 Å². The summed E-state index contributed by atoms with van der Waals surface area (Å²) in [4.78, 5) is 12.0. The molecule has 1 saturated carbocycles. The Morgan fingerprint density at radius 3 is 2.44 bits per heavy atom. The molecule has 0 heterocycles. The van der Waals surface area contributed by atoms with Crippen LogP contribution < -0.4 is 4.74 Å². The number of hydrogen-bond acceptors (Lipinski definition) is 4. The topological polar surface area (TPSA) is 55.8 Å². The zero-order valence-corrected chi connectivity index (χ0v) is 14.0. The van der Waals surface area contributed by atoms with E-state index in [-0.39, 0.29) is 11.3 Å². The van der Waals surface area contributed by atoms with Crippen LogP contribution in [0.15, 0.2) is 30.4 Å². The van der Waals surface area contributed by atoms with Crippen LogP contribution in [0.25, 0.3) is 0 Å². The van der Waals surface area contributed by atoms with Crippen molar-refractivity contribution in [3.63, 3.8) is 0 Å². The number of alkyl halides is 3. The molecule has 0 radical (unpaired) electrons. The fraction of sp³-hybridized carbons (Fsp3) is 0.500. The number of hydrogen-bond donors (Lipinski definition) is 1. The first-order chi connectivity index (χ1) is 11.6. The van der Waals surface area contributed by atoms with E-state index in [1.165, 1.54) is 18.2 Å². The number of ether oxygens (including phenoxy) is 2. The Morgan fingerprint density at radius 1 is 1.28 bits per heavy atom. The molecule has 0 atom stereocenters. The maximum atomic E-state index is 12.3. The Morgan fingerprint density at radius 2 is 1.92 bits per heavy atom. The smallest absolute Gasteiger partial charge is 0.422 e. The standard InChI is InChI=1S/C18H21F3O4/c1-12(2)16(23)25-17(8-4-3-5-9-17)13-6-7-15(14(22)10-13)24-11-18(19,20)21/h6-7,10,22H,1,3-5,8-9,11H2,2H3. The van der Waals surface area contributed by atoms with Gasteiger partial charge in [0.05, 0.1) is 0 Å². The SMILES string of the molecule is C=C(C)C(=O)OC1(c2ccc(OCC(F)(F)F)c(O)c2)CCCCC1. The predicted molar refractivity (Wildman–Crippen MR) is 85.3 cm³/mol. The van der Waals surface area contributed by atoms with Gasteiger partial charge in [-0.2, -0.15) is 13.2 Å². The Bertz CT molecular complexity index is 646. The third-order valence-electron chi connectivity index (χ3n) is 4.17. The molecule has 1 aromatic carbocycles. The van der Waals surface area contributed by atoms with Gasteiger partial charge in [-0.15, -0.1) is 0 Å². The minimum atomic E-state index is -4.49. The quantitative estimate of drug-likeness (QED) is 0.617. The van der Waals surface area contributed by atoms with Crippen LogP contribution in [0.5, 0.6) is 11.5 Å². The number of rotatable bonds is 5. The van der Waals surface area contributed by atoms with Gasteiger partial charge < -0.3 is 14.6 Å². The highest BCUT2D eigenvalue weighted by Gasteiger charge is 2.38. The Balaban J connectivity index is 2.27. The Hall–Kier alpha value is -2.18. The van der Waals surface area contributed by atoms with E-state index in [1.54, 1.807) is 6.92 Å². The number of esters is 1. The van der Waals surface area contributed by atoms with E-state index in [9.17, 15) is 23.1 Å². The van der Waals surface area contributed by atoms with Crippen molar-refractivity contribution < 1.29 is 32.5 Å². The summed E-state index contributed by atoms with van der Waals surface area (Å²) < 4.78 is 47.0. The molecule has 0 aliphatic heterocycles. The summed E-state index contributed by atoms with van der Waals surface area (Å²) in [6, 6.07) is 4.10. The molecular formula is C18H21F3O4. The third-order valence-corrected chi connectivity index (χ3v) is 4.17. The van der Waals surface area contributed by atoms with Crippen LogP contribution in [0.2, 0.25) is 0 Å². The van der Waals surface area contributed by atoms with E-state index in [0.29, 0.717) is 18.4 Å². The molecule has 0 amide bonds. The molecule has 25 heavy (non-hydrogen) atoms. The van der Waals surface area contributed by atoms with Gasteiger partial charge in [-0.1, -0.05) is 19.1 Å². The van der Waals surface area contributed by atoms with E-state index in [0.717, 1.165) is 19.3 Å². The van der Waals surface area contributed by atoms with Crippen LogP contribution in [0.3, 0.4) is 0 Å². The van der Waals surface area contributed by atoms with Crippen molar-refractivity contribution in [2.75, 3.05) is 6.61 Å². The first-order valence-electron chi connectivity index (χ1n) is 8.05. The van der Waals surface area contributed by atoms with E-state index in [4.69, 9.17) is 4.74 Å². The fourth-order valence-electron chi connectivity index (χ4n) is 2.92. The van der Waals surface area contributed by atoms with Gasteiger partial charge in [-0.05, 0) is 50.3 Å². The predicted octanol–water partition coefficient (Wildman–Crippen LogP) is 4.61. The molecule has 0 saturated heterocycles. The van der Waals surface area contributed by atoms with Crippen molar-refractivity contribution >= 4 is 5.97 Å². The lowest BCUT2D eigenvalue weighted by Gasteiger charge is -2.37. The summed E-state index contributed by atoms with van der Waals surface area (Å²) in [5, 5.41) is 10.0. The number of carbonyl (C=O) groups is 1. The van der Waals surface area contributed by atoms with Crippen molar-refractivity contribution in [3.8, 4) is 11.5 Å². The summed E-state index contributed by atoms with van der Waals surface area (Å²) in [5.41, 5.74) is -0.105. The number of aromatic hydroxyl groups is 1. The molecule has 1 aliphatic rings. The summed E-state index contributed by atoms with van der Waals surface area (Å²) in [5.74, 6) is -1.21. The van der Waals surface area contributed by atoms with Crippen LogP contribution in [0.1, 0.15) is 44.6 Å². The van der Waals surface area contributed by atoms with E-state index in [1.807, 2.05) is 0 Å². The fourth-order valence-corrected chi connectivity index (χ4v) is 2.92. The number of phenols is 1. The maximum Gasteiger partial charge on any atom is 0.422 e. The number of benzene rings is 1. The van der Waals surface area contributed by atoms with Gasteiger partial charge in [0.15, 0.2) is 18.1 Å². The molecule has 0 spiro atoms. The van der Waals surface area contributed by atoms with Crippen LogP contribution >= 0.6 is 0 Å². The first kappa shape index (κ1) is 19.1. The molecule has 1 fully saturated rings. The normalized spacial score (nSPS) is 17.0. The van der Waals surface area contributed by atoms with Gasteiger partial charge in [0, 0.05) is 5.57 Å². The lowest BCUT2D eigenvalue weighted by molar-refractivity contribution is -0.160. The molecule has 1 aliphatic carbocycles. The lowest BCUT2D eigenvalue weighted by Crippen LogP contribution is -2.35. The number of phenolic OH excluding ortho intramolecular Hbond substituents is 1. The number of halogens is 3. The average molecular weight is 358 g/mol. The number of carbonyl (C=O) groups excluding carboxylic acids is 1. The Labute approximate surface area is 144 Å². The zero-order chi connectivity index (χ0) is 18.7. The molecule has 138 valence electrons. The highest BCUT2D eigenvalue weighted by atomic mass is 19.4.